The zero-order chi connectivity index (χ0) is 13.1. The van der Waals surface area contributed by atoms with Crippen LogP contribution in [0.4, 0.5) is 0 Å². The van der Waals surface area contributed by atoms with E-state index < -0.39 is 17.6 Å². The van der Waals surface area contributed by atoms with Crippen LogP contribution in [-0.4, -0.2) is 40.5 Å². The Hall–Kier alpha value is -1.10. The number of carboxylic acid groups (broad SMARTS) is 1. The molecule has 0 aliphatic rings. The molecule has 0 aromatic carbocycles. The van der Waals surface area contributed by atoms with Crippen molar-refractivity contribution >= 4 is 11.9 Å². The number of likely N-dealkylation sites (N-methyl/N-ethyl adjacent to an activating group) is 1. The Balaban J connectivity index is 4.67. The summed E-state index contributed by atoms with van der Waals surface area (Å²) < 4.78 is 0. The third-order valence-corrected chi connectivity index (χ3v) is 2.74. The smallest absolute Gasteiger partial charge is 0.329 e. The number of aliphatic carboxylic acids is 1. The Labute approximate surface area is 96.6 Å². The van der Waals surface area contributed by atoms with Gasteiger partial charge in [-0.2, -0.15) is 0 Å². The Bertz CT molecular complexity index is 274. The minimum atomic E-state index is -1.23. The number of carbonyl (C=O) groups is 2. The van der Waals surface area contributed by atoms with E-state index in [2.05, 4.69) is 0 Å². The predicted octanol–water partition coefficient (Wildman–Crippen LogP) is 0.681. The molecular weight excluding hydrogens is 208 g/mol. The number of carbonyl (C=O) groups excluding carboxylic acids is 1. The van der Waals surface area contributed by atoms with Crippen LogP contribution >= 0.6 is 0 Å². The fraction of sp³-hybridized carbons (Fsp3) is 0.818. The molecule has 0 saturated heterocycles. The molecule has 94 valence electrons. The van der Waals surface area contributed by atoms with Crippen LogP contribution in [0.15, 0.2) is 0 Å². The molecule has 0 saturated carbocycles. The van der Waals surface area contributed by atoms with Gasteiger partial charge in [-0.05, 0) is 26.2 Å². The molecule has 16 heavy (non-hydrogen) atoms. The van der Waals surface area contributed by atoms with E-state index in [-0.39, 0.29) is 5.91 Å². The highest BCUT2D eigenvalue weighted by atomic mass is 16.4. The van der Waals surface area contributed by atoms with E-state index in [1.807, 2.05) is 13.8 Å². The number of hydrogen-bond acceptors (Lipinski definition) is 3. The van der Waals surface area contributed by atoms with Crippen LogP contribution in [0.25, 0.3) is 0 Å². The van der Waals surface area contributed by atoms with Gasteiger partial charge in [0.15, 0.2) is 0 Å². The third kappa shape index (κ3) is 3.48. The van der Waals surface area contributed by atoms with E-state index in [9.17, 15) is 9.59 Å². The van der Waals surface area contributed by atoms with E-state index in [1.54, 1.807) is 0 Å². The molecule has 0 aromatic rings. The highest BCUT2D eigenvalue weighted by Crippen LogP contribution is 2.15. The van der Waals surface area contributed by atoms with Gasteiger partial charge < -0.3 is 15.7 Å². The van der Waals surface area contributed by atoms with Crippen molar-refractivity contribution in [2.45, 2.75) is 45.7 Å². The van der Waals surface area contributed by atoms with Gasteiger partial charge in [-0.15, -0.1) is 0 Å². The fourth-order valence-corrected chi connectivity index (χ4v) is 1.28. The molecule has 0 rings (SSSR count). The first-order chi connectivity index (χ1) is 7.10. The summed E-state index contributed by atoms with van der Waals surface area (Å²) in [5.41, 5.74) is 4.50. The van der Waals surface area contributed by atoms with Gasteiger partial charge in [-0.1, -0.05) is 13.8 Å². The van der Waals surface area contributed by atoms with Crippen LogP contribution in [0, 0.1) is 5.92 Å². The van der Waals surface area contributed by atoms with E-state index in [1.165, 1.54) is 25.8 Å². The third-order valence-electron chi connectivity index (χ3n) is 2.74. The van der Waals surface area contributed by atoms with Gasteiger partial charge in [0.05, 0.1) is 6.04 Å². The zero-order valence-corrected chi connectivity index (χ0v) is 10.7. The van der Waals surface area contributed by atoms with E-state index >= 15 is 0 Å². The number of nitrogens with zero attached hydrogens (tertiary/aromatic N) is 1. The SMILES string of the molecule is CC(C)C[C@@H](N)C(=O)N(C)C(C)(C)C(=O)O. The number of hydrogen-bond donors (Lipinski definition) is 2. The molecule has 0 spiro atoms. The van der Waals surface area contributed by atoms with Crippen molar-refractivity contribution in [2.75, 3.05) is 7.05 Å². The second-order valence-electron chi connectivity index (χ2n) is 5.00. The van der Waals surface area contributed by atoms with Gasteiger partial charge in [-0.3, -0.25) is 4.79 Å². The quantitative estimate of drug-likeness (QED) is 0.727. The van der Waals surface area contributed by atoms with Gasteiger partial charge in [0, 0.05) is 7.05 Å². The average molecular weight is 230 g/mol. The first kappa shape index (κ1) is 14.9. The predicted molar refractivity (Wildman–Crippen MR) is 61.9 cm³/mol. The van der Waals surface area contributed by atoms with Crippen molar-refractivity contribution in [3.8, 4) is 0 Å². The van der Waals surface area contributed by atoms with Gasteiger partial charge in [0.2, 0.25) is 5.91 Å². The van der Waals surface area contributed by atoms with Gasteiger partial charge >= 0.3 is 5.97 Å². The number of carboxylic acids is 1. The molecule has 0 aromatic heterocycles. The van der Waals surface area contributed by atoms with Crippen molar-refractivity contribution in [1.29, 1.82) is 0 Å². The summed E-state index contributed by atoms with van der Waals surface area (Å²) >= 11 is 0. The van der Waals surface area contributed by atoms with Crippen LogP contribution in [0.1, 0.15) is 34.1 Å². The molecule has 0 fully saturated rings. The maximum Gasteiger partial charge on any atom is 0.329 e. The topological polar surface area (TPSA) is 83.6 Å². The Morgan fingerprint density at radius 1 is 1.38 bits per heavy atom. The lowest BCUT2D eigenvalue weighted by molar-refractivity contribution is -0.155. The summed E-state index contributed by atoms with van der Waals surface area (Å²) in [6, 6.07) is -0.636. The highest BCUT2D eigenvalue weighted by Gasteiger charge is 2.36. The molecule has 1 atom stereocenters. The molecule has 0 heterocycles. The van der Waals surface area contributed by atoms with Gasteiger partial charge in [0.1, 0.15) is 5.54 Å². The monoisotopic (exact) mass is 230 g/mol. The standard InChI is InChI=1S/C11H22N2O3/c1-7(2)6-8(12)9(14)13(5)11(3,4)10(15)16/h7-8H,6,12H2,1-5H3,(H,15,16)/t8-/m1/s1. The van der Waals surface area contributed by atoms with Crippen molar-refractivity contribution in [3.05, 3.63) is 0 Å². The summed E-state index contributed by atoms with van der Waals surface area (Å²) in [7, 11) is 1.47. The maximum atomic E-state index is 11.9. The molecule has 3 N–H and O–H groups in total. The van der Waals surface area contributed by atoms with Crippen molar-refractivity contribution in [2.24, 2.45) is 11.7 Å². The Morgan fingerprint density at radius 3 is 2.12 bits per heavy atom. The van der Waals surface area contributed by atoms with Crippen LogP contribution in [0.3, 0.4) is 0 Å². The second kappa shape index (κ2) is 5.30. The van der Waals surface area contributed by atoms with Crippen LogP contribution < -0.4 is 5.73 Å². The van der Waals surface area contributed by atoms with E-state index in [0.29, 0.717) is 12.3 Å². The molecular formula is C11H22N2O3. The average Bonchev–Trinajstić information content (AvgIpc) is 2.13. The van der Waals surface area contributed by atoms with Crippen molar-refractivity contribution in [1.82, 2.24) is 4.90 Å². The summed E-state index contributed by atoms with van der Waals surface area (Å²) in [6.07, 6.45) is 0.554. The van der Waals surface area contributed by atoms with Gasteiger partial charge in [0.25, 0.3) is 0 Å². The minimum Gasteiger partial charge on any atom is -0.480 e. The summed E-state index contributed by atoms with van der Waals surface area (Å²) in [6.45, 7) is 6.90. The number of rotatable bonds is 5. The molecule has 0 unspecified atom stereocenters. The summed E-state index contributed by atoms with van der Waals surface area (Å²) in [5.74, 6) is -1.07. The van der Waals surface area contributed by atoms with Crippen molar-refractivity contribution in [3.63, 3.8) is 0 Å². The summed E-state index contributed by atoms with van der Waals surface area (Å²) in [5, 5.41) is 8.99. The van der Waals surface area contributed by atoms with Crippen LogP contribution in [-0.2, 0) is 9.59 Å². The largest absolute Gasteiger partial charge is 0.480 e. The van der Waals surface area contributed by atoms with Crippen molar-refractivity contribution < 1.29 is 14.7 Å². The molecule has 1 amide bonds. The maximum absolute atomic E-state index is 11.9. The summed E-state index contributed by atoms with van der Waals surface area (Å²) in [4.78, 5) is 24.0. The Kier molecular flexibility index (Phi) is 4.93. The molecule has 0 aliphatic heterocycles. The molecule has 0 radical (unpaired) electrons. The lowest BCUT2D eigenvalue weighted by Gasteiger charge is -2.33. The first-order valence-corrected chi connectivity index (χ1v) is 5.37. The van der Waals surface area contributed by atoms with Gasteiger partial charge in [-0.25, -0.2) is 4.79 Å². The van der Waals surface area contributed by atoms with Crippen LogP contribution in [0.5, 0.6) is 0 Å². The fourth-order valence-electron chi connectivity index (χ4n) is 1.28. The molecule has 0 aliphatic carbocycles. The first-order valence-electron chi connectivity index (χ1n) is 5.37. The number of amides is 1. The molecule has 5 nitrogen and oxygen atoms in total. The molecule has 0 bridgehead atoms. The lowest BCUT2D eigenvalue weighted by atomic mass is 9.99. The normalized spacial score (nSPS) is 13.7. The lowest BCUT2D eigenvalue weighted by Crippen LogP contribution is -2.55. The molecule has 5 heteroatoms. The van der Waals surface area contributed by atoms with Crippen LogP contribution in [0.2, 0.25) is 0 Å². The number of nitrogens with two attached hydrogens (primary N) is 1. The minimum absolute atomic E-state index is 0.306. The van der Waals surface area contributed by atoms with E-state index in [4.69, 9.17) is 10.8 Å². The zero-order valence-electron chi connectivity index (χ0n) is 10.7. The second-order valence-corrected chi connectivity index (χ2v) is 5.00. The van der Waals surface area contributed by atoms with E-state index in [0.717, 1.165) is 0 Å². The Morgan fingerprint density at radius 2 is 1.81 bits per heavy atom. The highest BCUT2D eigenvalue weighted by molar-refractivity contribution is 5.88.